The summed E-state index contributed by atoms with van der Waals surface area (Å²) in [7, 11) is 0. The summed E-state index contributed by atoms with van der Waals surface area (Å²) in [5, 5.41) is 16.3. The molecular weight excluding hydrogens is 564 g/mol. The van der Waals surface area contributed by atoms with Crippen LogP contribution in [0.15, 0.2) is 75.9 Å². The van der Waals surface area contributed by atoms with Gasteiger partial charge in [0, 0.05) is 38.8 Å². The van der Waals surface area contributed by atoms with E-state index < -0.39 is 0 Å². The molecule has 0 heterocycles. The number of amides is 6. The highest BCUT2D eigenvalue weighted by atomic mass is 16.2. The Kier molecular flexibility index (Phi) is 26.7. The van der Waals surface area contributed by atoms with Crippen LogP contribution in [0.2, 0.25) is 0 Å². The van der Waals surface area contributed by atoms with Gasteiger partial charge in [-0.1, -0.05) is 58.7 Å². The van der Waals surface area contributed by atoms with Gasteiger partial charge in [0.25, 0.3) is 0 Å². The highest BCUT2D eigenvalue weighted by Gasteiger charge is 2.12. The van der Waals surface area contributed by atoms with E-state index in [1.54, 1.807) is 0 Å². The van der Waals surface area contributed by atoms with E-state index in [0.29, 0.717) is 32.7 Å². The average molecular weight is 615 g/mol. The van der Waals surface area contributed by atoms with E-state index in [4.69, 9.17) is 0 Å². The van der Waals surface area contributed by atoms with Gasteiger partial charge in [-0.2, -0.15) is 0 Å². The van der Waals surface area contributed by atoms with Crippen molar-refractivity contribution in [2.75, 3.05) is 32.7 Å². The normalized spacial score (nSPS) is 10.3. The van der Waals surface area contributed by atoms with Crippen LogP contribution in [0.4, 0.5) is 0 Å². The number of carbonyl (C=O) groups excluding carboxylic acids is 6. The van der Waals surface area contributed by atoms with Crippen LogP contribution in [0.5, 0.6) is 0 Å². The lowest BCUT2D eigenvalue weighted by Gasteiger charge is -2.18. The summed E-state index contributed by atoms with van der Waals surface area (Å²) in [6.07, 6.45) is 13.3. The number of hydrogen-bond acceptors (Lipinski definition) is 6. The fourth-order valence-corrected chi connectivity index (χ4v) is 3.52. The Bertz CT molecular complexity index is 970. The second-order valence-electron chi connectivity index (χ2n) is 9.46. The molecule has 0 aromatic rings. The van der Waals surface area contributed by atoms with Gasteiger partial charge < -0.3 is 31.9 Å². The zero-order valence-electron chi connectivity index (χ0n) is 25.8. The van der Waals surface area contributed by atoms with Gasteiger partial charge in [-0.15, -0.1) is 0 Å². The first kappa shape index (κ1) is 41.4. The zero-order chi connectivity index (χ0) is 33.6. The monoisotopic (exact) mass is 614 g/mol. The largest absolute Gasteiger partial charge is 0.353 e. The van der Waals surface area contributed by atoms with Crippen molar-refractivity contribution in [2.45, 2.75) is 51.0 Å². The average Bonchev–Trinajstić information content (AvgIpc) is 3.04. The van der Waals surface area contributed by atoms with Crippen molar-refractivity contribution in [3.05, 3.63) is 75.9 Å². The topological polar surface area (TPSA) is 175 Å². The van der Waals surface area contributed by atoms with Crippen LogP contribution in [0.1, 0.15) is 44.9 Å². The quantitative estimate of drug-likeness (QED) is 0.0710. The fraction of sp³-hybridized carbons (Fsp3) is 0.438. The standard InChI is InChI=1S/C17H27N3O3.C15H23N3O3/c1-4-15(21)18-12-10-8-7-9-11-14(20-17(23)6-3)13-19-16(22)5-2;1-4-13(19)16-9-7-8-12(10-17-14(20)5-2)11-18-15(21)6-3/h4-6,14H,1-3,7-13H2,(H,18,21)(H,19,22)(H,20,23);4-6,12H,1-3,7-11H2,(H,16,19)(H,17,20)(H,18,21). The number of nitrogens with one attached hydrogen (secondary N) is 6. The first-order valence-corrected chi connectivity index (χ1v) is 14.5. The van der Waals surface area contributed by atoms with E-state index in [2.05, 4.69) is 71.4 Å². The van der Waals surface area contributed by atoms with Crippen molar-refractivity contribution in [1.29, 1.82) is 0 Å². The minimum Gasteiger partial charge on any atom is -0.353 e. The summed E-state index contributed by atoms with van der Waals surface area (Å²) < 4.78 is 0. The second-order valence-corrected chi connectivity index (χ2v) is 9.46. The molecule has 6 N–H and O–H groups in total. The summed E-state index contributed by atoms with van der Waals surface area (Å²) >= 11 is 0. The van der Waals surface area contributed by atoms with E-state index in [0.717, 1.165) is 44.9 Å². The molecule has 1 atom stereocenters. The predicted molar refractivity (Wildman–Crippen MR) is 174 cm³/mol. The first-order valence-electron chi connectivity index (χ1n) is 14.5. The summed E-state index contributed by atoms with van der Waals surface area (Å²) in [5.74, 6) is -1.33. The van der Waals surface area contributed by atoms with Crippen LogP contribution in [-0.2, 0) is 28.8 Å². The Balaban J connectivity index is 0. The van der Waals surface area contributed by atoms with Gasteiger partial charge in [0.1, 0.15) is 0 Å². The molecule has 0 aliphatic carbocycles. The maximum atomic E-state index is 11.4. The Morgan fingerprint density at radius 1 is 0.432 bits per heavy atom. The van der Waals surface area contributed by atoms with Gasteiger partial charge >= 0.3 is 0 Å². The third-order valence-corrected chi connectivity index (χ3v) is 5.98. The minimum atomic E-state index is -0.263. The van der Waals surface area contributed by atoms with E-state index in [1.807, 2.05) is 0 Å². The van der Waals surface area contributed by atoms with Crippen molar-refractivity contribution in [2.24, 2.45) is 5.92 Å². The molecule has 44 heavy (non-hydrogen) atoms. The number of carbonyl (C=O) groups is 6. The van der Waals surface area contributed by atoms with Crippen LogP contribution in [0.3, 0.4) is 0 Å². The molecule has 0 radical (unpaired) electrons. The molecule has 0 bridgehead atoms. The molecule has 0 aliphatic heterocycles. The number of unbranched alkanes of at least 4 members (excludes halogenated alkanes) is 3. The highest BCUT2D eigenvalue weighted by Crippen LogP contribution is 2.06. The van der Waals surface area contributed by atoms with Gasteiger partial charge in [0.05, 0.1) is 0 Å². The van der Waals surface area contributed by atoms with E-state index in [9.17, 15) is 28.8 Å². The molecule has 0 aromatic carbocycles. The van der Waals surface area contributed by atoms with Crippen molar-refractivity contribution in [3.63, 3.8) is 0 Å². The minimum absolute atomic E-state index is 0.0680. The maximum Gasteiger partial charge on any atom is 0.243 e. The maximum absolute atomic E-state index is 11.4. The van der Waals surface area contributed by atoms with Crippen molar-refractivity contribution in [3.8, 4) is 0 Å². The fourth-order valence-electron chi connectivity index (χ4n) is 3.52. The number of hydrogen-bond donors (Lipinski definition) is 6. The molecule has 1 unspecified atom stereocenters. The summed E-state index contributed by atoms with van der Waals surface area (Å²) in [6, 6.07) is -0.134. The molecule has 0 fully saturated rings. The SMILES string of the molecule is C=CC(=O)NCCCC(CNC(=O)C=C)CNC(=O)C=C.C=CC(=O)NCCCCCCC(CNC(=O)C=C)NC(=O)C=C. The Morgan fingerprint density at radius 3 is 1.27 bits per heavy atom. The molecule has 0 rings (SSSR count). The Labute approximate surface area is 261 Å². The lowest BCUT2D eigenvalue weighted by atomic mass is 10.0. The van der Waals surface area contributed by atoms with Gasteiger partial charge in [-0.3, -0.25) is 28.8 Å². The van der Waals surface area contributed by atoms with Crippen LogP contribution >= 0.6 is 0 Å². The van der Waals surface area contributed by atoms with Crippen molar-refractivity contribution >= 4 is 35.4 Å². The van der Waals surface area contributed by atoms with Gasteiger partial charge in [0.2, 0.25) is 35.4 Å². The van der Waals surface area contributed by atoms with Crippen LogP contribution in [-0.4, -0.2) is 74.2 Å². The van der Waals surface area contributed by atoms with Crippen LogP contribution < -0.4 is 31.9 Å². The van der Waals surface area contributed by atoms with Gasteiger partial charge in [0.15, 0.2) is 0 Å². The molecule has 0 aliphatic rings. The summed E-state index contributed by atoms with van der Waals surface area (Å²) in [5.41, 5.74) is 0. The predicted octanol–water partition coefficient (Wildman–Crippen LogP) is 1.50. The molecule has 0 aromatic heterocycles. The van der Waals surface area contributed by atoms with E-state index in [-0.39, 0.29) is 47.4 Å². The van der Waals surface area contributed by atoms with E-state index >= 15 is 0 Å². The molecule has 12 heteroatoms. The van der Waals surface area contributed by atoms with Crippen LogP contribution in [0.25, 0.3) is 0 Å². The molecule has 6 amide bonds. The summed E-state index contributed by atoms with van der Waals surface area (Å²) in [6.45, 7) is 22.7. The molecule has 244 valence electrons. The first-order chi connectivity index (χ1) is 21.1. The summed E-state index contributed by atoms with van der Waals surface area (Å²) in [4.78, 5) is 66.9. The lowest BCUT2D eigenvalue weighted by Crippen LogP contribution is -2.42. The van der Waals surface area contributed by atoms with Gasteiger partial charge in [-0.05, 0) is 68.1 Å². The van der Waals surface area contributed by atoms with Crippen molar-refractivity contribution in [1.82, 2.24) is 31.9 Å². The molecule has 0 saturated carbocycles. The Morgan fingerprint density at radius 2 is 0.818 bits per heavy atom. The molecule has 0 saturated heterocycles. The molecule has 12 nitrogen and oxygen atoms in total. The number of rotatable bonds is 24. The second kappa shape index (κ2) is 28.4. The van der Waals surface area contributed by atoms with Gasteiger partial charge in [-0.25, -0.2) is 0 Å². The highest BCUT2D eigenvalue weighted by molar-refractivity contribution is 5.89. The Hall–Kier alpha value is -4.74. The van der Waals surface area contributed by atoms with Crippen LogP contribution in [0, 0.1) is 5.92 Å². The smallest absolute Gasteiger partial charge is 0.243 e. The third kappa shape index (κ3) is 26.2. The zero-order valence-corrected chi connectivity index (χ0v) is 25.8. The van der Waals surface area contributed by atoms with Crippen molar-refractivity contribution < 1.29 is 28.8 Å². The van der Waals surface area contributed by atoms with E-state index in [1.165, 1.54) is 36.5 Å². The molecule has 0 spiro atoms. The third-order valence-electron chi connectivity index (χ3n) is 5.98. The lowest BCUT2D eigenvalue weighted by molar-refractivity contribution is -0.119. The molecular formula is C32H50N6O6.